The highest BCUT2D eigenvalue weighted by Crippen LogP contribution is 2.19. The summed E-state index contributed by atoms with van der Waals surface area (Å²) in [5.74, 6) is -0.165. The number of rotatable bonds is 3. The summed E-state index contributed by atoms with van der Waals surface area (Å²) in [6.07, 6.45) is 5.53. The number of H-pyrrole nitrogens is 1. The SMILES string of the molecule is N#Cc1nccnc1OC1CCCN(C(=O)c2ccc[nH]c2=O)C1. The van der Waals surface area contributed by atoms with Gasteiger partial charge in [-0.1, -0.05) is 0 Å². The topological polar surface area (TPSA) is 112 Å². The lowest BCUT2D eigenvalue weighted by molar-refractivity contribution is 0.0524. The fourth-order valence-corrected chi connectivity index (χ4v) is 2.63. The summed E-state index contributed by atoms with van der Waals surface area (Å²) in [6, 6.07) is 5.05. The summed E-state index contributed by atoms with van der Waals surface area (Å²) in [7, 11) is 0. The van der Waals surface area contributed by atoms with Gasteiger partial charge in [0.1, 0.15) is 17.7 Å². The van der Waals surface area contributed by atoms with E-state index < -0.39 is 5.56 Å². The largest absolute Gasteiger partial charge is 0.470 e. The molecule has 1 amide bonds. The zero-order chi connectivity index (χ0) is 16.9. The highest BCUT2D eigenvalue weighted by atomic mass is 16.5. The average Bonchev–Trinajstić information content (AvgIpc) is 2.62. The Morgan fingerprint density at radius 1 is 1.42 bits per heavy atom. The Morgan fingerprint density at radius 3 is 3.04 bits per heavy atom. The number of likely N-dealkylation sites (tertiary alicyclic amines) is 1. The van der Waals surface area contributed by atoms with E-state index in [4.69, 9.17) is 10.00 Å². The van der Waals surface area contributed by atoms with Gasteiger partial charge in [0.2, 0.25) is 5.69 Å². The van der Waals surface area contributed by atoms with Crippen LogP contribution in [0.3, 0.4) is 0 Å². The van der Waals surface area contributed by atoms with Crippen LogP contribution in [-0.2, 0) is 0 Å². The Morgan fingerprint density at radius 2 is 2.25 bits per heavy atom. The zero-order valence-corrected chi connectivity index (χ0v) is 12.8. The van der Waals surface area contributed by atoms with Gasteiger partial charge in [-0.3, -0.25) is 9.59 Å². The minimum absolute atomic E-state index is 0.107. The van der Waals surface area contributed by atoms with Crippen molar-refractivity contribution in [1.29, 1.82) is 5.26 Å². The molecule has 8 nitrogen and oxygen atoms in total. The zero-order valence-electron chi connectivity index (χ0n) is 12.8. The second kappa shape index (κ2) is 6.91. The Hall–Kier alpha value is -3.21. The summed E-state index contributed by atoms with van der Waals surface area (Å²) < 4.78 is 5.75. The van der Waals surface area contributed by atoms with Crippen LogP contribution in [0.1, 0.15) is 28.9 Å². The van der Waals surface area contributed by atoms with E-state index in [0.717, 1.165) is 12.8 Å². The van der Waals surface area contributed by atoms with Crippen molar-refractivity contribution >= 4 is 5.91 Å². The highest BCUT2D eigenvalue weighted by Gasteiger charge is 2.27. The standard InChI is InChI=1S/C16H15N5O3/c17-9-13-15(20-7-6-18-13)24-11-3-2-8-21(10-11)16(23)12-4-1-5-19-14(12)22/h1,4-7,11H,2-3,8,10H2,(H,19,22). The van der Waals surface area contributed by atoms with Gasteiger partial charge in [0.05, 0.1) is 6.54 Å². The molecule has 0 spiro atoms. The van der Waals surface area contributed by atoms with Crippen LogP contribution in [0.4, 0.5) is 0 Å². The molecule has 0 radical (unpaired) electrons. The molecule has 1 saturated heterocycles. The number of nitrogens with one attached hydrogen (secondary N) is 1. The molecule has 3 heterocycles. The maximum Gasteiger partial charge on any atom is 0.260 e. The van der Waals surface area contributed by atoms with Gasteiger partial charge >= 0.3 is 0 Å². The number of piperidine rings is 1. The molecule has 1 aliphatic heterocycles. The number of ether oxygens (including phenoxy) is 1. The first-order valence-electron chi connectivity index (χ1n) is 7.54. The summed E-state index contributed by atoms with van der Waals surface area (Å²) >= 11 is 0. The third kappa shape index (κ3) is 3.25. The van der Waals surface area contributed by atoms with Gasteiger partial charge in [0.15, 0.2) is 0 Å². The van der Waals surface area contributed by atoms with Crippen LogP contribution in [0, 0.1) is 11.3 Å². The van der Waals surface area contributed by atoms with Gasteiger partial charge in [0.25, 0.3) is 17.3 Å². The molecule has 1 unspecified atom stereocenters. The molecule has 1 fully saturated rings. The van der Waals surface area contributed by atoms with E-state index in [-0.39, 0.29) is 29.1 Å². The highest BCUT2D eigenvalue weighted by molar-refractivity contribution is 5.93. The van der Waals surface area contributed by atoms with E-state index in [1.165, 1.54) is 24.7 Å². The van der Waals surface area contributed by atoms with E-state index in [1.807, 2.05) is 6.07 Å². The summed E-state index contributed by atoms with van der Waals surface area (Å²) in [4.78, 5) is 36.3. The van der Waals surface area contributed by atoms with Crippen LogP contribution in [0.5, 0.6) is 5.88 Å². The van der Waals surface area contributed by atoms with Crippen LogP contribution < -0.4 is 10.3 Å². The van der Waals surface area contributed by atoms with Crippen LogP contribution in [-0.4, -0.2) is 45.0 Å². The lowest BCUT2D eigenvalue weighted by atomic mass is 10.1. The second-order valence-electron chi connectivity index (χ2n) is 5.37. The van der Waals surface area contributed by atoms with Crippen molar-refractivity contribution in [3.63, 3.8) is 0 Å². The smallest absolute Gasteiger partial charge is 0.260 e. The number of carbonyl (C=O) groups excluding carboxylic acids is 1. The van der Waals surface area contributed by atoms with Crippen LogP contribution in [0.2, 0.25) is 0 Å². The summed E-state index contributed by atoms with van der Waals surface area (Å²) in [5.41, 5.74) is -0.193. The molecule has 24 heavy (non-hydrogen) atoms. The van der Waals surface area contributed by atoms with Crippen molar-refractivity contribution in [2.75, 3.05) is 13.1 Å². The number of amides is 1. The molecule has 0 aromatic carbocycles. The molecule has 0 bridgehead atoms. The minimum Gasteiger partial charge on any atom is -0.470 e. The summed E-state index contributed by atoms with van der Waals surface area (Å²) in [6.45, 7) is 0.882. The lowest BCUT2D eigenvalue weighted by Crippen LogP contribution is -2.45. The van der Waals surface area contributed by atoms with Crippen LogP contribution in [0.25, 0.3) is 0 Å². The van der Waals surface area contributed by atoms with E-state index in [9.17, 15) is 9.59 Å². The first-order chi connectivity index (χ1) is 11.7. The van der Waals surface area contributed by atoms with Crippen molar-refractivity contribution in [1.82, 2.24) is 19.9 Å². The molecule has 2 aromatic heterocycles. The summed E-state index contributed by atoms with van der Waals surface area (Å²) in [5, 5.41) is 9.03. The van der Waals surface area contributed by atoms with E-state index >= 15 is 0 Å². The molecule has 8 heteroatoms. The number of nitrogens with zero attached hydrogens (tertiary/aromatic N) is 4. The molecular weight excluding hydrogens is 310 g/mol. The maximum atomic E-state index is 12.5. The lowest BCUT2D eigenvalue weighted by Gasteiger charge is -2.32. The molecule has 3 rings (SSSR count). The van der Waals surface area contributed by atoms with Gasteiger partial charge in [0, 0.05) is 25.1 Å². The number of carbonyl (C=O) groups is 1. The molecule has 1 aliphatic rings. The van der Waals surface area contributed by atoms with Gasteiger partial charge in [-0.25, -0.2) is 9.97 Å². The Labute approximate surface area is 137 Å². The van der Waals surface area contributed by atoms with Gasteiger partial charge < -0.3 is 14.6 Å². The van der Waals surface area contributed by atoms with E-state index in [2.05, 4.69) is 15.0 Å². The average molecular weight is 325 g/mol. The molecule has 0 saturated carbocycles. The fourth-order valence-electron chi connectivity index (χ4n) is 2.63. The number of aromatic nitrogens is 3. The predicted molar refractivity (Wildman–Crippen MR) is 83.4 cm³/mol. The van der Waals surface area contributed by atoms with Crippen LogP contribution in [0.15, 0.2) is 35.5 Å². The van der Waals surface area contributed by atoms with Crippen molar-refractivity contribution in [3.05, 3.63) is 52.3 Å². The first kappa shape index (κ1) is 15.7. The van der Waals surface area contributed by atoms with Crippen molar-refractivity contribution < 1.29 is 9.53 Å². The molecular formula is C16H15N5O3. The second-order valence-corrected chi connectivity index (χ2v) is 5.37. The first-order valence-corrected chi connectivity index (χ1v) is 7.54. The molecule has 1 atom stereocenters. The Balaban J connectivity index is 1.73. The predicted octanol–water partition coefficient (Wildman–Crippen LogP) is 0.720. The van der Waals surface area contributed by atoms with Crippen molar-refractivity contribution in [2.24, 2.45) is 0 Å². The normalized spacial score (nSPS) is 17.1. The minimum atomic E-state index is -0.411. The Bertz CT molecular complexity index is 842. The van der Waals surface area contributed by atoms with Crippen LogP contribution >= 0.6 is 0 Å². The van der Waals surface area contributed by atoms with Crippen molar-refractivity contribution in [3.8, 4) is 11.9 Å². The third-order valence-electron chi connectivity index (χ3n) is 3.76. The fraction of sp³-hybridized carbons (Fsp3) is 0.312. The number of aromatic amines is 1. The van der Waals surface area contributed by atoms with E-state index in [1.54, 1.807) is 11.0 Å². The third-order valence-corrected chi connectivity index (χ3v) is 3.76. The number of nitriles is 1. The quantitative estimate of drug-likeness (QED) is 0.890. The molecule has 122 valence electrons. The van der Waals surface area contributed by atoms with Gasteiger partial charge in [-0.15, -0.1) is 0 Å². The molecule has 0 aliphatic carbocycles. The number of pyridine rings is 1. The molecule has 2 aromatic rings. The van der Waals surface area contributed by atoms with Gasteiger partial charge in [-0.05, 0) is 25.0 Å². The number of hydrogen-bond donors (Lipinski definition) is 1. The maximum absolute atomic E-state index is 12.5. The molecule has 1 N–H and O–H groups in total. The van der Waals surface area contributed by atoms with Crippen molar-refractivity contribution in [2.45, 2.75) is 18.9 Å². The Kier molecular flexibility index (Phi) is 4.52. The van der Waals surface area contributed by atoms with Gasteiger partial charge in [-0.2, -0.15) is 5.26 Å². The monoisotopic (exact) mass is 325 g/mol. The number of hydrogen-bond acceptors (Lipinski definition) is 6. The van der Waals surface area contributed by atoms with E-state index in [0.29, 0.717) is 13.1 Å².